The van der Waals surface area contributed by atoms with Crippen LogP contribution in [-0.2, 0) is 4.74 Å². The number of halogens is 2. The number of carbonyl (C=O) groups is 1. The van der Waals surface area contributed by atoms with Gasteiger partial charge in [-0.05, 0) is 56.4 Å². The van der Waals surface area contributed by atoms with Gasteiger partial charge in [0.05, 0.1) is 23.0 Å². The number of hydrogen-bond acceptors (Lipinski definition) is 3. The van der Waals surface area contributed by atoms with Gasteiger partial charge in [0, 0.05) is 15.6 Å². The van der Waals surface area contributed by atoms with Gasteiger partial charge in [-0.25, -0.2) is 9.48 Å². The number of hydrogen-bond donors (Lipinski definition) is 0. The average Bonchev–Trinajstić information content (AvgIpc) is 3.46. The van der Waals surface area contributed by atoms with Gasteiger partial charge in [-0.2, -0.15) is 5.10 Å². The molecule has 3 aromatic rings. The third kappa shape index (κ3) is 3.61. The quantitative estimate of drug-likeness (QED) is 0.419. The summed E-state index contributed by atoms with van der Waals surface area (Å²) in [7, 11) is 0. The highest BCUT2D eigenvalue weighted by molar-refractivity contribution is 9.10. The third-order valence-corrected chi connectivity index (χ3v) is 5.76. The summed E-state index contributed by atoms with van der Waals surface area (Å²) in [6.45, 7) is 3.98. The van der Waals surface area contributed by atoms with Crippen molar-refractivity contribution in [2.45, 2.75) is 32.6 Å². The van der Waals surface area contributed by atoms with E-state index in [0.29, 0.717) is 28.9 Å². The molecule has 0 bridgehead atoms. The lowest BCUT2D eigenvalue weighted by Gasteiger charge is -2.11. The predicted molar refractivity (Wildman–Crippen MR) is 114 cm³/mol. The average molecular weight is 460 g/mol. The molecule has 0 aliphatic heterocycles. The first-order valence-corrected chi connectivity index (χ1v) is 10.5. The van der Waals surface area contributed by atoms with Crippen molar-refractivity contribution in [1.82, 2.24) is 9.78 Å². The molecule has 0 radical (unpaired) electrons. The summed E-state index contributed by atoms with van der Waals surface area (Å²) in [6, 6.07) is 14.1. The van der Waals surface area contributed by atoms with Gasteiger partial charge in [0.25, 0.3) is 0 Å². The second-order valence-electron chi connectivity index (χ2n) is 6.95. The van der Waals surface area contributed by atoms with Crippen LogP contribution in [0.4, 0.5) is 0 Å². The summed E-state index contributed by atoms with van der Waals surface area (Å²) in [5, 5.41) is 5.12. The summed E-state index contributed by atoms with van der Waals surface area (Å²) >= 11 is 9.93. The molecule has 0 amide bonds. The highest BCUT2D eigenvalue weighted by atomic mass is 79.9. The monoisotopic (exact) mass is 458 g/mol. The second-order valence-corrected chi connectivity index (χ2v) is 8.27. The first kappa shape index (κ1) is 19.2. The number of rotatable bonds is 5. The van der Waals surface area contributed by atoms with Gasteiger partial charge >= 0.3 is 5.97 Å². The molecular weight excluding hydrogens is 440 g/mol. The van der Waals surface area contributed by atoms with Crippen LogP contribution in [0.3, 0.4) is 0 Å². The molecule has 0 atom stereocenters. The minimum Gasteiger partial charge on any atom is -0.461 e. The van der Waals surface area contributed by atoms with Crippen LogP contribution in [0.5, 0.6) is 0 Å². The summed E-state index contributed by atoms with van der Waals surface area (Å²) in [6.07, 6.45) is 2.52. The lowest BCUT2D eigenvalue weighted by Crippen LogP contribution is -2.08. The number of aromatic nitrogens is 2. The Labute approximate surface area is 177 Å². The molecule has 0 spiro atoms. The molecule has 28 heavy (non-hydrogen) atoms. The van der Waals surface area contributed by atoms with Crippen LogP contribution >= 0.6 is 27.5 Å². The molecule has 1 aliphatic carbocycles. The van der Waals surface area contributed by atoms with Crippen LogP contribution in [0.2, 0.25) is 5.02 Å². The Bertz CT molecular complexity index is 1040. The van der Waals surface area contributed by atoms with Gasteiger partial charge in [-0.3, -0.25) is 0 Å². The number of esters is 1. The van der Waals surface area contributed by atoms with Gasteiger partial charge in [0.15, 0.2) is 5.69 Å². The van der Waals surface area contributed by atoms with Crippen LogP contribution in [0.25, 0.3) is 16.9 Å². The topological polar surface area (TPSA) is 44.1 Å². The molecular formula is C22H20BrClN2O2. The van der Waals surface area contributed by atoms with Crippen molar-refractivity contribution in [1.29, 1.82) is 0 Å². The Morgan fingerprint density at radius 2 is 1.96 bits per heavy atom. The highest BCUT2D eigenvalue weighted by Crippen LogP contribution is 2.41. The van der Waals surface area contributed by atoms with Crippen molar-refractivity contribution in [3.8, 4) is 16.9 Å². The van der Waals surface area contributed by atoms with Crippen LogP contribution in [0.1, 0.15) is 47.3 Å². The second kappa shape index (κ2) is 7.72. The summed E-state index contributed by atoms with van der Waals surface area (Å²) in [4.78, 5) is 12.4. The predicted octanol–water partition coefficient (Wildman–Crippen LogP) is 6.32. The van der Waals surface area contributed by atoms with E-state index >= 15 is 0 Å². The van der Waals surface area contributed by atoms with Crippen molar-refractivity contribution in [3.05, 3.63) is 68.8 Å². The van der Waals surface area contributed by atoms with Gasteiger partial charge < -0.3 is 4.74 Å². The Hall–Kier alpha value is -2.11. The SMILES string of the molecule is CCOC(=O)c1nn(-c2ccc(Br)cc2Cl)c(-c2ccc(C3CC3)cc2)c1C. The minimum atomic E-state index is -0.428. The van der Waals surface area contributed by atoms with Gasteiger partial charge in [-0.1, -0.05) is 51.8 Å². The van der Waals surface area contributed by atoms with Crippen molar-refractivity contribution < 1.29 is 9.53 Å². The van der Waals surface area contributed by atoms with Crippen LogP contribution in [0, 0.1) is 6.92 Å². The fourth-order valence-corrected chi connectivity index (χ4v) is 4.14. The molecule has 1 fully saturated rings. The van der Waals surface area contributed by atoms with Crippen molar-refractivity contribution in [3.63, 3.8) is 0 Å². The Balaban J connectivity index is 1.88. The van der Waals surface area contributed by atoms with E-state index in [9.17, 15) is 4.79 Å². The first-order chi connectivity index (χ1) is 13.5. The molecule has 4 rings (SSSR count). The minimum absolute atomic E-state index is 0.301. The van der Waals surface area contributed by atoms with Gasteiger partial charge in [-0.15, -0.1) is 0 Å². The zero-order valence-electron chi connectivity index (χ0n) is 15.7. The van der Waals surface area contributed by atoms with E-state index < -0.39 is 5.97 Å². The molecule has 1 aromatic heterocycles. The molecule has 0 unspecified atom stereocenters. The maximum Gasteiger partial charge on any atom is 0.359 e. The fraction of sp³-hybridized carbons (Fsp3) is 0.273. The van der Waals surface area contributed by atoms with E-state index in [1.54, 1.807) is 11.6 Å². The third-order valence-electron chi connectivity index (χ3n) is 4.96. The molecule has 144 valence electrons. The molecule has 2 aromatic carbocycles. The summed E-state index contributed by atoms with van der Waals surface area (Å²) in [5.74, 6) is 0.263. The van der Waals surface area contributed by atoms with Crippen LogP contribution < -0.4 is 0 Å². The van der Waals surface area contributed by atoms with Crippen molar-refractivity contribution in [2.24, 2.45) is 0 Å². The largest absolute Gasteiger partial charge is 0.461 e. The van der Waals surface area contributed by atoms with E-state index in [-0.39, 0.29) is 0 Å². The van der Waals surface area contributed by atoms with E-state index in [2.05, 4.69) is 45.3 Å². The molecule has 0 N–H and O–H groups in total. The van der Waals surface area contributed by atoms with Crippen LogP contribution in [-0.4, -0.2) is 22.4 Å². The summed E-state index contributed by atoms with van der Waals surface area (Å²) < 4.78 is 7.82. The smallest absolute Gasteiger partial charge is 0.359 e. The first-order valence-electron chi connectivity index (χ1n) is 9.32. The lowest BCUT2D eigenvalue weighted by molar-refractivity contribution is 0.0518. The molecule has 6 heteroatoms. The normalized spacial score (nSPS) is 13.6. The van der Waals surface area contributed by atoms with E-state index in [0.717, 1.165) is 21.3 Å². The fourth-order valence-electron chi connectivity index (χ4n) is 3.39. The maximum absolute atomic E-state index is 12.4. The molecule has 1 heterocycles. The standard InChI is InChI=1S/C22H20BrClN2O2/c1-3-28-22(27)20-13(2)21(16-8-6-15(7-9-16)14-4-5-14)26(25-20)19-11-10-17(23)12-18(19)24/h6-12,14H,3-5H2,1-2H3. The van der Waals surface area contributed by atoms with Gasteiger partial charge in [0.2, 0.25) is 0 Å². The number of carbonyl (C=O) groups excluding carboxylic acids is 1. The van der Waals surface area contributed by atoms with Crippen molar-refractivity contribution >= 4 is 33.5 Å². The van der Waals surface area contributed by atoms with E-state index in [4.69, 9.17) is 16.3 Å². The molecule has 1 saturated carbocycles. The zero-order valence-corrected chi connectivity index (χ0v) is 18.0. The Morgan fingerprint density at radius 3 is 2.57 bits per heavy atom. The van der Waals surface area contributed by atoms with Crippen LogP contribution in [0.15, 0.2) is 46.9 Å². The number of nitrogens with zero attached hydrogens (tertiary/aromatic N) is 2. The maximum atomic E-state index is 12.4. The van der Waals surface area contributed by atoms with Gasteiger partial charge in [0.1, 0.15) is 0 Å². The molecule has 0 saturated heterocycles. The van der Waals surface area contributed by atoms with Crippen molar-refractivity contribution in [2.75, 3.05) is 6.61 Å². The Kier molecular flexibility index (Phi) is 5.30. The van der Waals surface area contributed by atoms with E-state index in [1.807, 2.05) is 25.1 Å². The lowest BCUT2D eigenvalue weighted by atomic mass is 10.0. The molecule has 1 aliphatic rings. The highest BCUT2D eigenvalue weighted by Gasteiger charge is 2.26. The number of ether oxygens (including phenoxy) is 1. The van der Waals surface area contributed by atoms with E-state index in [1.165, 1.54) is 18.4 Å². The number of benzene rings is 2. The Morgan fingerprint density at radius 1 is 1.25 bits per heavy atom. The molecule has 4 nitrogen and oxygen atoms in total. The summed E-state index contributed by atoms with van der Waals surface area (Å²) in [5.41, 5.74) is 4.99. The zero-order chi connectivity index (χ0) is 19.8.